The normalized spacial score (nSPS) is 13.8. The quantitative estimate of drug-likeness (QED) is 0.871. The number of rotatable bonds is 6. The monoisotopic (exact) mass is 281 g/mol. The summed E-state index contributed by atoms with van der Waals surface area (Å²) in [6.45, 7) is 1.67. The van der Waals surface area contributed by atoms with Crippen LogP contribution in [0.1, 0.15) is 31.4 Å². The molecule has 0 spiro atoms. The van der Waals surface area contributed by atoms with Gasteiger partial charge in [0.05, 0.1) is 17.5 Å². The minimum absolute atomic E-state index is 0.174. The molecule has 5 nitrogen and oxygen atoms in total. The average Bonchev–Trinajstić information content (AvgIpc) is 2.82. The Kier molecular flexibility index (Phi) is 4.21. The lowest BCUT2D eigenvalue weighted by molar-refractivity contribution is 0.584. The predicted octanol–water partition coefficient (Wildman–Crippen LogP) is 1.55. The molecule has 0 aliphatic carbocycles. The van der Waals surface area contributed by atoms with E-state index in [0.29, 0.717) is 12.8 Å². The van der Waals surface area contributed by atoms with Crippen molar-refractivity contribution in [3.8, 4) is 0 Å². The Hall–Kier alpha value is -1.40. The van der Waals surface area contributed by atoms with Crippen LogP contribution in [0, 0.1) is 0 Å². The zero-order valence-corrected chi connectivity index (χ0v) is 11.8. The standard InChI is InChI=1S/C13H19N3O2S/c1-2-19(17,18)9-5-6-12(14)11-10-15-16-8-4-3-7-13(11)16/h3-4,7-8,10,12H,2,5-6,9,14H2,1H3. The largest absolute Gasteiger partial charge is 0.324 e. The van der Waals surface area contributed by atoms with Crippen LogP contribution in [0.15, 0.2) is 30.6 Å². The van der Waals surface area contributed by atoms with Gasteiger partial charge in [0.2, 0.25) is 0 Å². The molecule has 2 aromatic heterocycles. The molecule has 0 bridgehead atoms. The van der Waals surface area contributed by atoms with Crippen molar-refractivity contribution in [3.05, 3.63) is 36.2 Å². The van der Waals surface area contributed by atoms with Gasteiger partial charge in [-0.05, 0) is 25.0 Å². The molecule has 0 radical (unpaired) electrons. The molecule has 2 N–H and O–H groups in total. The molecule has 0 fully saturated rings. The Morgan fingerprint density at radius 2 is 2.21 bits per heavy atom. The maximum atomic E-state index is 11.4. The summed E-state index contributed by atoms with van der Waals surface area (Å²) in [5.74, 6) is 0.398. The third-order valence-electron chi connectivity index (χ3n) is 3.27. The van der Waals surface area contributed by atoms with Crippen molar-refractivity contribution in [2.75, 3.05) is 11.5 Å². The summed E-state index contributed by atoms with van der Waals surface area (Å²) < 4.78 is 24.6. The van der Waals surface area contributed by atoms with Crippen LogP contribution in [0.5, 0.6) is 0 Å². The van der Waals surface area contributed by atoms with Gasteiger partial charge in [0.25, 0.3) is 0 Å². The molecule has 2 heterocycles. The van der Waals surface area contributed by atoms with Crippen LogP contribution >= 0.6 is 0 Å². The fourth-order valence-corrected chi connectivity index (χ4v) is 2.96. The van der Waals surface area contributed by atoms with Crippen molar-refractivity contribution in [1.82, 2.24) is 9.61 Å². The minimum atomic E-state index is -2.90. The summed E-state index contributed by atoms with van der Waals surface area (Å²) in [6.07, 6.45) is 4.86. The van der Waals surface area contributed by atoms with Crippen molar-refractivity contribution >= 4 is 15.4 Å². The first kappa shape index (κ1) is 14.0. The van der Waals surface area contributed by atoms with Gasteiger partial charge in [0, 0.05) is 23.6 Å². The molecule has 0 aliphatic rings. The molecule has 0 aliphatic heterocycles. The molecular formula is C13H19N3O2S. The maximum absolute atomic E-state index is 11.4. The topological polar surface area (TPSA) is 77.5 Å². The second-order valence-corrected chi connectivity index (χ2v) is 7.09. The fraction of sp³-hybridized carbons (Fsp3) is 0.462. The Labute approximate surface area is 113 Å². The molecule has 1 unspecified atom stereocenters. The van der Waals surface area contributed by atoms with E-state index in [-0.39, 0.29) is 17.5 Å². The van der Waals surface area contributed by atoms with Crippen LogP contribution < -0.4 is 5.73 Å². The van der Waals surface area contributed by atoms with Gasteiger partial charge >= 0.3 is 0 Å². The predicted molar refractivity (Wildman–Crippen MR) is 75.7 cm³/mol. The average molecular weight is 281 g/mol. The number of aromatic nitrogens is 2. The molecule has 0 amide bonds. The van der Waals surface area contributed by atoms with Gasteiger partial charge in [-0.3, -0.25) is 0 Å². The van der Waals surface area contributed by atoms with Gasteiger partial charge in [0.15, 0.2) is 0 Å². The molecule has 0 aromatic carbocycles. The lowest BCUT2D eigenvalue weighted by Gasteiger charge is -2.10. The number of nitrogens with zero attached hydrogens (tertiary/aromatic N) is 2. The van der Waals surface area contributed by atoms with Crippen molar-refractivity contribution < 1.29 is 8.42 Å². The molecule has 2 aromatic rings. The van der Waals surface area contributed by atoms with Gasteiger partial charge in [0.1, 0.15) is 9.84 Å². The molecule has 0 saturated carbocycles. The first-order valence-electron chi connectivity index (χ1n) is 6.42. The lowest BCUT2D eigenvalue weighted by atomic mass is 10.1. The molecule has 6 heteroatoms. The zero-order valence-electron chi connectivity index (χ0n) is 11.0. The van der Waals surface area contributed by atoms with Crippen molar-refractivity contribution in [1.29, 1.82) is 0 Å². The number of hydrogen-bond acceptors (Lipinski definition) is 4. The Morgan fingerprint density at radius 1 is 1.42 bits per heavy atom. The highest BCUT2D eigenvalue weighted by Crippen LogP contribution is 2.21. The molecule has 19 heavy (non-hydrogen) atoms. The molecular weight excluding hydrogens is 262 g/mol. The molecule has 2 rings (SSSR count). The highest BCUT2D eigenvalue weighted by Gasteiger charge is 2.14. The Balaban J connectivity index is 2.02. The smallest absolute Gasteiger partial charge is 0.150 e. The second-order valence-electron chi connectivity index (χ2n) is 4.62. The highest BCUT2D eigenvalue weighted by molar-refractivity contribution is 7.91. The van der Waals surface area contributed by atoms with E-state index in [0.717, 1.165) is 11.1 Å². The Bertz CT molecular complexity index is 649. The van der Waals surface area contributed by atoms with E-state index >= 15 is 0 Å². The third-order valence-corrected chi connectivity index (χ3v) is 5.06. The van der Waals surface area contributed by atoms with Gasteiger partial charge in [-0.1, -0.05) is 13.0 Å². The van der Waals surface area contributed by atoms with Crippen LogP contribution in [0.4, 0.5) is 0 Å². The maximum Gasteiger partial charge on any atom is 0.150 e. The summed E-state index contributed by atoms with van der Waals surface area (Å²) in [5.41, 5.74) is 8.08. The van der Waals surface area contributed by atoms with Gasteiger partial charge in [-0.2, -0.15) is 5.10 Å². The first-order valence-corrected chi connectivity index (χ1v) is 8.24. The van der Waals surface area contributed by atoms with Crippen molar-refractivity contribution in [2.24, 2.45) is 5.73 Å². The highest BCUT2D eigenvalue weighted by atomic mass is 32.2. The van der Waals surface area contributed by atoms with Gasteiger partial charge in [-0.25, -0.2) is 12.9 Å². The number of sulfone groups is 1. The van der Waals surface area contributed by atoms with Gasteiger partial charge < -0.3 is 5.73 Å². The van der Waals surface area contributed by atoms with E-state index < -0.39 is 9.84 Å². The van der Waals surface area contributed by atoms with E-state index in [1.54, 1.807) is 17.6 Å². The summed E-state index contributed by atoms with van der Waals surface area (Å²) in [7, 11) is -2.90. The van der Waals surface area contributed by atoms with Crippen LogP contribution in [-0.4, -0.2) is 29.5 Å². The number of pyridine rings is 1. The summed E-state index contributed by atoms with van der Waals surface area (Å²) >= 11 is 0. The number of nitrogens with two attached hydrogens (primary N) is 1. The molecule has 0 saturated heterocycles. The fourth-order valence-electron chi connectivity index (χ4n) is 2.06. The first-order chi connectivity index (χ1) is 9.03. The summed E-state index contributed by atoms with van der Waals surface area (Å²) in [4.78, 5) is 0. The summed E-state index contributed by atoms with van der Waals surface area (Å²) in [6, 6.07) is 5.63. The number of fused-ring (bicyclic) bond motifs is 1. The Morgan fingerprint density at radius 3 is 2.95 bits per heavy atom. The van der Waals surface area contributed by atoms with E-state index in [1.807, 2.05) is 24.4 Å². The molecule has 104 valence electrons. The van der Waals surface area contributed by atoms with E-state index in [9.17, 15) is 8.42 Å². The van der Waals surface area contributed by atoms with Crippen molar-refractivity contribution in [3.63, 3.8) is 0 Å². The van der Waals surface area contributed by atoms with Crippen LogP contribution in [-0.2, 0) is 9.84 Å². The third kappa shape index (κ3) is 3.33. The second kappa shape index (κ2) is 5.71. The van der Waals surface area contributed by atoms with E-state index in [4.69, 9.17) is 5.73 Å². The van der Waals surface area contributed by atoms with Gasteiger partial charge in [-0.15, -0.1) is 0 Å². The van der Waals surface area contributed by atoms with Crippen LogP contribution in [0.2, 0.25) is 0 Å². The number of hydrogen-bond donors (Lipinski definition) is 1. The van der Waals surface area contributed by atoms with E-state index in [1.165, 1.54) is 0 Å². The van der Waals surface area contributed by atoms with Crippen molar-refractivity contribution in [2.45, 2.75) is 25.8 Å². The summed E-state index contributed by atoms with van der Waals surface area (Å²) in [5, 5.41) is 4.23. The van der Waals surface area contributed by atoms with Crippen LogP contribution in [0.3, 0.4) is 0 Å². The lowest BCUT2D eigenvalue weighted by Crippen LogP contribution is -2.14. The SMILES string of the molecule is CCS(=O)(=O)CCCC(N)c1cnn2ccccc12. The van der Waals surface area contributed by atoms with Crippen LogP contribution in [0.25, 0.3) is 5.52 Å². The minimum Gasteiger partial charge on any atom is -0.324 e. The zero-order chi connectivity index (χ0) is 13.9. The molecule has 1 atom stereocenters. The van der Waals surface area contributed by atoms with E-state index in [2.05, 4.69) is 5.10 Å².